The Labute approximate surface area is 132 Å². The van der Waals surface area contributed by atoms with Crippen LogP contribution in [-0.4, -0.2) is 17.0 Å². The monoisotopic (exact) mass is 296 g/mol. The molecule has 0 aliphatic rings. The minimum Gasteiger partial charge on any atom is -0.393 e. The summed E-state index contributed by atoms with van der Waals surface area (Å²) < 4.78 is 0. The minimum atomic E-state index is -0.148. The number of unbranched alkanes of at least 4 members (excludes halogenated alkanes) is 8. The second-order valence-electron chi connectivity index (χ2n) is 6.22. The molecule has 1 N–H and O–H groups in total. The van der Waals surface area contributed by atoms with Crippen LogP contribution in [-0.2, 0) is 4.79 Å². The Balaban J connectivity index is 3.26. The molecule has 0 spiro atoms. The highest BCUT2D eigenvalue weighted by molar-refractivity contribution is 5.75. The van der Waals surface area contributed by atoms with Crippen molar-refractivity contribution in [2.75, 3.05) is 0 Å². The summed E-state index contributed by atoms with van der Waals surface area (Å²) in [4.78, 5) is 10.8. The third-order valence-corrected chi connectivity index (χ3v) is 3.87. The molecule has 0 saturated heterocycles. The highest BCUT2D eigenvalue weighted by Gasteiger charge is 2.00. The van der Waals surface area contributed by atoms with Crippen LogP contribution >= 0.6 is 0 Å². The largest absolute Gasteiger partial charge is 0.393 e. The van der Waals surface area contributed by atoms with E-state index in [0.29, 0.717) is 5.78 Å². The number of aliphatic hydroxyl groups is 1. The van der Waals surface area contributed by atoms with Gasteiger partial charge in [0, 0.05) is 6.42 Å². The van der Waals surface area contributed by atoms with Gasteiger partial charge >= 0.3 is 0 Å². The van der Waals surface area contributed by atoms with Crippen LogP contribution in [0.15, 0.2) is 12.2 Å². The number of rotatable bonds is 15. The number of carbonyl (C=O) groups excluding carboxylic acids is 1. The first-order valence-electron chi connectivity index (χ1n) is 8.99. The van der Waals surface area contributed by atoms with Crippen molar-refractivity contribution < 1.29 is 9.90 Å². The summed E-state index contributed by atoms with van der Waals surface area (Å²) in [7, 11) is 0. The molecule has 0 radical (unpaired) electrons. The topological polar surface area (TPSA) is 37.3 Å². The van der Waals surface area contributed by atoms with Crippen LogP contribution < -0.4 is 0 Å². The van der Waals surface area contributed by atoms with Gasteiger partial charge in [0.25, 0.3) is 0 Å². The van der Waals surface area contributed by atoms with Crippen LogP contribution in [0.1, 0.15) is 97.3 Å². The normalized spacial score (nSPS) is 12.9. The molecule has 2 heteroatoms. The van der Waals surface area contributed by atoms with E-state index in [4.69, 9.17) is 0 Å². The van der Waals surface area contributed by atoms with E-state index in [9.17, 15) is 9.90 Å². The van der Waals surface area contributed by atoms with Crippen molar-refractivity contribution in [2.45, 2.75) is 103 Å². The van der Waals surface area contributed by atoms with Gasteiger partial charge in [-0.1, -0.05) is 64.0 Å². The van der Waals surface area contributed by atoms with Crippen molar-refractivity contribution in [2.24, 2.45) is 0 Å². The Morgan fingerprint density at radius 1 is 0.952 bits per heavy atom. The molecule has 0 bridgehead atoms. The van der Waals surface area contributed by atoms with Crippen LogP contribution in [0.2, 0.25) is 0 Å². The molecule has 0 aliphatic carbocycles. The first kappa shape index (κ1) is 20.4. The predicted molar refractivity (Wildman–Crippen MR) is 91.5 cm³/mol. The maximum atomic E-state index is 10.8. The fourth-order valence-electron chi connectivity index (χ4n) is 2.46. The van der Waals surface area contributed by atoms with Crippen LogP contribution in [0.25, 0.3) is 0 Å². The van der Waals surface area contributed by atoms with E-state index in [1.807, 2.05) is 0 Å². The molecule has 124 valence electrons. The summed E-state index contributed by atoms with van der Waals surface area (Å²) in [5.41, 5.74) is 0. The summed E-state index contributed by atoms with van der Waals surface area (Å²) in [6.45, 7) is 3.88. The van der Waals surface area contributed by atoms with E-state index >= 15 is 0 Å². The molecule has 0 aromatic rings. The molecule has 0 aromatic carbocycles. The van der Waals surface area contributed by atoms with Crippen LogP contribution in [0.3, 0.4) is 0 Å². The lowest BCUT2D eigenvalue weighted by Crippen LogP contribution is -2.04. The second-order valence-corrected chi connectivity index (χ2v) is 6.22. The Bertz CT molecular complexity index is 258. The van der Waals surface area contributed by atoms with Crippen LogP contribution in [0, 0.1) is 0 Å². The van der Waals surface area contributed by atoms with Gasteiger partial charge in [-0.2, -0.15) is 0 Å². The SMILES string of the molecule is CCCCCCC(O)C/C=C\CCCCCCCC(C)=O. The van der Waals surface area contributed by atoms with Gasteiger partial charge in [0.1, 0.15) is 5.78 Å². The Morgan fingerprint density at radius 3 is 2.33 bits per heavy atom. The number of hydrogen-bond donors (Lipinski definition) is 1. The first-order valence-corrected chi connectivity index (χ1v) is 8.99. The summed E-state index contributed by atoms with van der Waals surface area (Å²) in [5.74, 6) is 0.311. The summed E-state index contributed by atoms with van der Waals surface area (Å²) >= 11 is 0. The molecule has 0 rings (SSSR count). The number of allylic oxidation sites excluding steroid dienone is 1. The lowest BCUT2D eigenvalue weighted by atomic mass is 10.1. The molecule has 0 heterocycles. The zero-order valence-corrected chi connectivity index (χ0v) is 14.3. The Kier molecular flexibility index (Phi) is 15.3. The summed E-state index contributed by atoms with van der Waals surface area (Å²) in [5, 5.41) is 9.81. The van der Waals surface area contributed by atoms with Gasteiger partial charge in [-0.15, -0.1) is 0 Å². The molecule has 0 fully saturated rings. The lowest BCUT2D eigenvalue weighted by Gasteiger charge is -2.07. The first-order chi connectivity index (χ1) is 10.2. The summed E-state index contributed by atoms with van der Waals surface area (Å²) in [6.07, 6.45) is 18.7. The zero-order valence-electron chi connectivity index (χ0n) is 14.3. The predicted octanol–water partition coefficient (Wildman–Crippen LogP) is 5.58. The fraction of sp³-hybridized carbons (Fsp3) is 0.842. The van der Waals surface area contributed by atoms with Gasteiger partial charge < -0.3 is 9.90 Å². The van der Waals surface area contributed by atoms with Crippen molar-refractivity contribution in [1.82, 2.24) is 0 Å². The van der Waals surface area contributed by atoms with Crippen molar-refractivity contribution in [3.8, 4) is 0 Å². The maximum Gasteiger partial charge on any atom is 0.129 e. The third kappa shape index (κ3) is 17.3. The average Bonchev–Trinajstić information content (AvgIpc) is 2.45. The highest BCUT2D eigenvalue weighted by Crippen LogP contribution is 2.10. The molecule has 0 saturated carbocycles. The van der Waals surface area contributed by atoms with E-state index in [1.54, 1.807) is 6.92 Å². The molecular weight excluding hydrogens is 260 g/mol. The van der Waals surface area contributed by atoms with Crippen molar-refractivity contribution in [3.05, 3.63) is 12.2 Å². The molecule has 0 aliphatic heterocycles. The lowest BCUT2D eigenvalue weighted by molar-refractivity contribution is -0.117. The minimum absolute atomic E-state index is 0.148. The molecular formula is C19H36O2. The molecule has 0 aromatic heterocycles. The van der Waals surface area contributed by atoms with E-state index in [0.717, 1.165) is 38.5 Å². The second kappa shape index (κ2) is 15.8. The quantitative estimate of drug-likeness (QED) is 0.316. The van der Waals surface area contributed by atoms with E-state index in [-0.39, 0.29) is 6.10 Å². The Hall–Kier alpha value is -0.630. The van der Waals surface area contributed by atoms with Crippen LogP contribution in [0.5, 0.6) is 0 Å². The molecule has 1 atom stereocenters. The third-order valence-electron chi connectivity index (χ3n) is 3.87. The van der Waals surface area contributed by atoms with Gasteiger partial charge in [-0.25, -0.2) is 0 Å². The highest BCUT2D eigenvalue weighted by atomic mass is 16.3. The summed E-state index contributed by atoms with van der Waals surface area (Å²) in [6, 6.07) is 0. The molecule has 1 unspecified atom stereocenters. The molecule has 0 amide bonds. The maximum absolute atomic E-state index is 10.8. The van der Waals surface area contributed by atoms with Gasteiger partial charge in [0.2, 0.25) is 0 Å². The number of hydrogen-bond acceptors (Lipinski definition) is 2. The molecule has 2 nitrogen and oxygen atoms in total. The number of ketones is 1. The smallest absolute Gasteiger partial charge is 0.129 e. The van der Waals surface area contributed by atoms with Gasteiger partial charge in [-0.3, -0.25) is 0 Å². The Morgan fingerprint density at radius 2 is 1.62 bits per heavy atom. The van der Waals surface area contributed by atoms with Crippen LogP contribution in [0.4, 0.5) is 0 Å². The van der Waals surface area contributed by atoms with Gasteiger partial charge in [0.15, 0.2) is 0 Å². The number of aliphatic hydroxyl groups excluding tert-OH is 1. The van der Waals surface area contributed by atoms with E-state index in [1.165, 1.54) is 44.9 Å². The van der Waals surface area contributed by atoms with Crippen molar-refractivity contribution >= 4 is 5.78 Å². The zero-order chi connectivity index (χ0) is 15.8. The molecule has 21 heavy (non-hydrogen) atoms. The van der Waals surface area contributed by atoms with Crippen molar-refractivity contribution in [3.63, 3.8) is 0 Å². The number of carbonyl (C=O) groups is 1. The average molecular weight is 296 g/mol. The van der Waals surface area contributed by atoms with Gasteiger partial charge in [-0.05, 0) is 39.0 Å². The van der Waals surface area contributed by atoms with E-state index in [2.05, 4.69) is 19.1 Å². The number of Topliss-reactive ketones (excluding diaryl/α,β-unsaturated/α-hetero) is 1. The van der Waals surface area contributed by atoms with Gasteiger partial charge in [0.05, 0.1) is 6.10 Å². The van der Waals surface area contributed by atoms with E-state index < -0.39 is 0 Å². The standard InChI is InChI=1S/C19H36O2/c1-3-4-5-13-16-19(21)17-14-11-9-7-6-8-10-12-15-18(2)20/h11,14,19,21H,3-10,12-13,15-17H2,1-2H3/b14-11-. The van der Waals surface area contributed by atoms with Crippen molar-refractivity contribution in [1.29, 1.82) is 0 Å². The fourth-order valence-corrected chi connectivity index (χ4v) is 2.46.